The summed E-state index contributed by atoms with van der Waals surface area (Å²) in [7, 11) is 0. The zero-order valence-electron chi connectivity index (χ0n) is 11.1. The molecular formula is C13H23N3O. The van der Waals surface area contributed by atoms with Gasteiger partial charge in [0.2, 0.25) is 0 Å². The lowest BCUT2D eigenvalue weighted by Crippen LogP contribution is -2.24. The Morgan fingerprint density at radius 2 is 1.76 bits per heavy atom. The number of aliphatic hydroxyl groups excluding tert-OH is 1. The predicted octanol–water partition coefficient (Wildman–Crippen LogP) is 2.31. The molecule has 0 aliphatic heterocycles. The van der Waals surface area contributed by atoms with E-state index in [0.29, 0.717) is 23.4 Å². The maximum Gasteiger partial charge on any atom is 0.148 e. The first-order valence-electron chi connectivity index (χ1n) is 6.22. The van der Waals surface area contributed by atoms with Gasteiger partial charge >= 0.3 is 0 Å². The number of hydrogen-bond acceptors (Lipinski definition) is 4. The zero-order valence-corrected chi connectivity index (χ0v) is 11.1. The lowest BCUT2D eigenvalue weighted by Gasteiger charge is -2.25. The fourth-order valence-electron chi connectivity index (χ4n) is 2.00. The van der Waals surface area contributed by atoms with Gasteiger partial charge in [0, 0.05) is 6.54 Å². The van der Waals surface area contributed by atoms with Crippen LogP contribution in [0.5, 0.6) is 0 Å². The first kappa shape index (κ1) is 13.9. The topological polar surface area (TPSA) is 58.0 Å². The fraction of sp³-hybridized carbons (Fsp3) is 0.692. The predicted molar refractivity (Wildman–Crippen MR) is 69.6 cm³/mol. The molecule has 0 saturated carbocycles. The van der Waals surface area contributed by atoms with Crippen LogP contribution >= 0.6 is 0 Å². The lowest BCUT2D eigenvalue weighted by atomic mass is 9.85. The molecule has 0 aliphatic carbocycles. The van der Waals surface area contributed by atoms with Gasteiger partial charge in [-0.2, -0.15) is 5.10 Å². The average Bonchev–Trinajstić information content (AvgIpc) is 2.29. The van der Waals surface area contributed by atoms with Crippen molar-refractivity contribution in [2.75, 3.05) is 11.9 Å². The minimum absolute atomic E-state index is 0.0616. The molecule has 0 radical (unpaired) electrons. The van der Waals surface area contributed by atoms with Crippen molar-refractivity contribution in [2.24, 2.45) is 17.8 Å². The minimum Gasteiger partial charge on any atom is -0.390 e. The van der Waals surface area contributed by atoms with Crippen LogP contribution in [0.4, 0.5) is 5.82 Å². The van der Waals surface area contributed by atoms with Gasteiger partial charge in [0.15, 0.2) is 0 Å². The van der Waals surface area contributed by atoms with Crippen molar-refractivity contribution in [1.82, 2.24) is 10.2 Å². The molecule has 0 fully saturated rings. The highest BCUT2D eigenvalue weighted by Gasteiger charge is 2.17. The number of anilines is 1. The minimum atomic E-state index is -0.0616. The smallest absolute Gasteiger partial charge is 0.148 e. The molecule has 2 N–H and O–H groups in total. The Labute approximate surface area is 103 Å². The molecule has 96 valence electrons. The Bertz CT molecular complexity index is 314. The van der Waals surface area contributed by atoms with Crippen molar-refractivity contribution in [2.45, 2.75) is 34.3 Å². The van der Waals surface area contributed by atoms with E-state index < -0.39 is 0 Å². The van der Waals surface area contributed by atoms with Gasteiger partial charge in [-0.05, 0) is 29.9 Å². The number of nitrogens with zero attached hydrogens (tertiary/aromatic N) is 2. The highest BCUT2D eigenvalue weighted by atomic mass is 16.3. The van der Waals surface area contributed by atoms with Crippen molar-refractivity contribution in [1.29, 1.82) is 0 Å². The Kier molecular flexibility index (Phi) is 5.35. The largest absolute Gasteiger partial charge is 0.390 e. The quantitative estimate of drug-likeness (QED) is 0.797. The molecule has 0 aliphatic rings. The third-order valence-corrected chi connectivity index (χ3v) is 3.11. The maximum absolute atomic E-state index is 8.87. The summed E-state index contributed by atoms with van der Waals surface area (Å²) >= 11 is 0. The molecule has 0 saturated heterocycles. The Morgan fingerprint density at radius 3 is 2.18 bits per heavy atom. The van der Waals surface area contributed by atoms with Crippen LogP contribution in [0.15, 0.2) is 12.1 Å². The van der Waals surface area contributed by atoms with Crippen molar-refractivity contribution in [3.63, 3.8) is 0 Å². The third kappa shape index (κ3) is 4.30. The highest BCUT2D eigenvalue weighted by Crippen LogP contribution is 2.20. The van der Waals surface area contributed by atoms with Gasteiger partial charge in [-0.3, -0.25) is 0 Å². The second-order valence-corrected chi connectivity index (χ2v) is 5.10. The van der Waals surface area contributed by atoms with Crippen LogP contribution in [-0.2, 0) is 6.61 Å². The first-order valence-corrected chi connectivity index (χ1v) is 6.22. The molecule has 1 aromatic heterocycles. The van der Waals surface area contributed by atoms with Crippen LogP contribution in [-0.4, -0.2) is 21.8 Å². The second kappa shape index (κ2) is 6.55. The van der Waals surface area contributed by atoms with Gasteiger partial charge in [0.1, 0.15) is 5.82 Å². The van der Waals surface area contributed by atoms with Gasteiger partial charge in [-0.25, -0.2) is 0 Å². The van der Waals surface area contributed by atoms with Crippen molar-refractivity contribution in [3.8, 4) is 0 Å². The monoisotopic (exact) mass is 237 g/mol. The van der Waals surface area contributed by atoms with Crippen molar-refractivity contribution in [3.05, 3.63) is 17.8 Å². The molecule has 4 heteroatoms. The summed E-state index contributed by atoms with van der Waals surface area (Å²) in [6, 6.07) is 3.64. The fourth-order valence-corrected chi connectivity index (χ4v) is 2.00. The van der Waals surface area contributed by atoms with E-state index in [1.165, 1.54) is 0 Å². The molecule has 1 aromatic rings. The molecule has 0 atom stereocenters. The molecule has 0 bridgehead atoms. The Balaban J connectivity index is 2.53. The zero-order chi connectivity index (χ0) is 12.8. The van der Waals surface area contributed by atoms with E-state index >= 15 is 0 Å². The van der Waals surface area contributed by atoms with Crippen LogP contribution in [0.3, 0.4) is 0 Å². The third-order valence-electron chi connectivity index (χ3n) is 3.11. The molecular weight excluding hydrogens is 214 g/mol. The summed E-state index contributed by atoms with van der Waals surface area (Å²) in [5.74, 6) is 2.68. The molecule has 17 heavy (non-hydrogen) atoms. The standard InChI is InChI=1S/C13H23N3O/c1-9(2)12(10(3)4)7-14-13-6-5-11(8-17)15-16-13/h5-6,9-10,12,17H,7-8H2,1-4H3,(H,14,16). The number of aromatic nitrogens is 2. The lowest BCUT2D eigenvalue weighted by molar-refractivity contribution is 0.275. The second-order valence-electron chi connectivity index (χ2n) is 5.10. The van der Waals surface area contributed by atoms with Gasteiger partial charge in [-0.15, -0.1) is 5.10 Å². The molecule has 0 amide bonds. The van der Waals surface area contributed by atoms with E-state index in [1.807, 2.05) is 6.07 Å². The average molecular weight is 237 g/mol. The summed E-state index contributed by atoms with van der Waals surface area (Å²) < 4.78 is 0. The van der Waals surface area contributed by atoms with E-state index in [4.69, 9.17) is 5.11 Å². The number of aliphatic hydroxyl groups is 1. The van der Waals surface area contributed by atoms with Crippen molar-refractivity contribution >= 4 is 5.82 Å². The highest BCUT2D eigenvalue weighted by molar-refractivity contribution is 5.32. The summed E-state index contributed by atoms with van der Waals surface area (Å²) in [5.41, 5.74) is 0.597. The molecule has 0 spiro atoms. The molecule has 0 unspecified atom stereocenters. The number of rotatable bonds is 6. The van der Waals surface area contributed by atoms with E-state index in [2.05, 4.69) is 43.2 Å². The van der Waals surface area contributed by atoms with Crippen LogP contribution in [0.1, 0.15) is 33.4 Å². The summed E-state index contributed by atoms with van der Waals surface area (Å²) in [6.45, 7) is 9.82. The number of nitrogens with one attached hydrogen (secondary N) is 1. The maximum atomic E-state index is 8.87. The summed E-state index contributed by atoms with van der Waals surface area (Å²) in [4.78, 5) is 0. The van der Waals surface area contributed by atoms with E-state index in [-0.39, 0.29) is 6.61 Å². The van der Waals surface area contributed by atoms with E-state index in [1.54, 1.807) is 6.07 Å². The van der Waals surface area contributed by atoms with Crippen molar-refractivity contribution < 1.29 is 5.11 Å². The molecule has 1 heterocycles. The van der Waals surface area contributed by atoms with Gasteiger partial charge in [-0.1, -0.05) is 27.7 Å². The molecule has 4 nitrogen and oxygen atoms in total. The molecule has 0 aromatic carbocycles. The number of hydrogen-bond donors (Lipinski definition) is 2. The van der Waals surface area contributed by atoms with E-state index in [0.717, 1.165) is 12.4 Å². The van der Waals surface area contributed by atoms with E-state index in [9.17, 15) is 0 Å². The Hall–Kier alpha value is -1.16. The summed E-state index contributed by atoms with van der Waals surface area (Å²) in [5, 5.41) is 20.1. The normalized spacial score (nSPS) is 11.5. The van der Waals surface area contributed by atoms with Crippen LogP contribution in [0, 0.1) is 17.8 Å². The van der Waals surface area contributed by atoms with Gasteiger partial charge in [0.05, 0.1) is 12.3 Å². The SMILES string of the molecule is CC(C)C(CNc1ccc(CO)nn1)C(C)C. The Morgan fingerprint density at radius 1 is 1.12 bits per heavy atom. The molecule has 1 rings (SSSR count). The van der Waals surface area contributed by atoms with Gasteiger partial charge < -0.3 is 10.4 Å². The first-order chi connectivity index (χ1) is 8.04. The van der Waals surface area contributed by atoms with Crippen LogP contribution < -0.4 is 5.32 Å². The van der Waals surface area contributed by atoms with Crippen LogP contribution in [0.2, 0.25) is 0 Å². The van der Waals surface area contributed by atoms with Crippen LogP contribution in [0.25, 0.3) is 0 Å². The summed E-state index contributed by atoms with van der Waals surface area (Å²) in [6.07, 6.45) is 0. The van der Waals surface area contributed by atoms with Gasteiger partial charge in [0.25, 0.3) is 0 Å².